The van der Waals surface area contributed by atoms with Gasteiger partial charge in [0.05, 0.1) is 0 Å². The highest BCUT2D eigenvalue weighted by Crippen LogP contribution is 2.18. The monoisotopic (exact) mass is 283 g/mol. The quantitative estimate of drug-likeness (QED) is 0.852. The van der Waals surface area contributed by atoms with Crippen LogP contribution in [0.1, 0.15) is 40.5 Å². The van der Waals surface area contributed by atoms with Crippen LogP contribution in [-0.4, -0.2) is 66.3 Å². The number of ether oxygens (including phenoxy) is 1. The highest BCUT2D eigenvalue weighted by Gasteiger charge is 2.34. The smallest absolute Gasteiger partial charge is 0.410 e. The van der Waals surface area contributed by atoms with Crippen molar-refractivity contribution in [1.82, 2.24) is 15.1 Å². The molecular formula is C15H29N3O2. The summed E-state index contributed by atoms with van der Waals surface area (Å²) in [5.74, 6) is 0. The summed E-state index contributed by atoms with van der Waals surface area (Å²) in [6, 6.07) is 1.11. The van der Waals surface area contributed by atoms with Crippen molar-refractivity contribution in [3.63, 3.8) is 0 Å². The lowest BCUT2D eigenvalue weighted by Crippen LogP contribution is -2.61. The second kappa shape index (κ2) is 6.31. The lowest BCUT2D eigenvalue weighted by Gasteiger charge is -2.41. The van der Waals surface area contributed by atoms with E-state index in [9.17, 15) is 4.79 Å². The maximum Gasteiger partial charge on any atom is 0.410 e. The molecule has 0 radical (unpaired) electrons. The van der Waals surface area contributed by atoms with Gasteiger partial charge in [-0.1, -0.05) is 6.92 Å². The van der Waals surface area contributed by atoms with Gasteiger partial charge in [0.1, 0.15) is 5.60 Å². The number of hydrogen-bond acceptors (Lipinski definition) is 4. The summed E-state index contributed by atoms with van der Waals surface area (Å²) in [4.78, 5) is 16.1. The largest absolute Gasteiger partial charge is 0.444 e. The average Bonchev–Trinajstić information content (AvgIpc) is 2.71. The molecule has 5 nitrogen and oxygen atoms in total. The standard InChI is InChI=1S/C15H29N3O2/c1-5-17-8-6-7-13(17)9-16-12-10-18(11-12)14(19)20-15(2,3)4/h12-13,16H,5-11H2,1-4H3. The Morgan fingerprint density at radius 3 is 2.65 bits per heavy atom. The Hall–Kier alpha value is -0.810. The zero-order chi connectivity index (χ0) is 14.8. The Bertz CT molecular complexity index is 335. The summed E-state index contributed by atoms with van der Waals surface area (Å²) >= 11 is 0. The Morgan fingerprint density at radius 2 is 2.05 bits per heavy atom. The van der Waals surface area contributed by atoms with Gasteiger partial charge in [0.2, 0.25) is 0 Å². The molecule has 2 heterocycles. The van der Waals surface area contributed by atoms with E-state index in [1.54, 1.807) is 4.90 Å². The van der Waals surface area contributed by atoms with Gasteiger partial charge in [0, 0.05) is 31.7 Å². The first-order valence-corrected chi connectivity index (χ1v) is 7.84. The fourth-order valence-corrected chi connectivity index (χ4v) is 2.93. The van der Waals surface area contributed by atoms with Crippen LogP contribution in [0.5, 0.6) is 0 Å². The van der Waals surface area contributed by atoms with Gasteiger partial charge in [0.25, 0.3) is 0 Å². The molecule has 2 fully saturated rings. The van der Waals surface area contributed by atoms with Crippen molar-refractivity contribution in [2.24, 2.45) is 0 Å². The van der Waals surface area contributed by atoms with Crippen LogP contribution in [0.4, 0.5) is 4.79 Å². The molecule has 2 rings (SSSR count). The molecule has 0 saturated carbocycles. The normalized spacial score (nSPS) is 24.8. The first-order valence-electron chi connectivity index (χ1n) is 7.84. The van der Waals surface area contributed by atoms with Gasteiger partial charge in [-0.15, -0.1) is 0 Å². The van der Waals surface area contributed by atoms with E-state index in [2.05, 4.69) is 17.1 Å². The van der Waals surface area contributed by atoms with Crippen molar-refractivity contribution >= 4 is 6.09 Å². The van der Waals surface area contributed by atoms with E-state index in [1.165, 1.54) is 19.4 Å². The Labute approximate surface area is 122 Å². The minimum absolute atomic E-state index is 0.188. The molecule has 1 unspecified atom stereocenters. The third kappa shape index (κ3) is 4.09. The van der Waals surface area contributed by atoms with Crippen molar-refractivity contribution in [2.75, 3.05) is 32.7 Å². The van der Waals surface area contributed by atoms with Gasteiger partial charge in [-0.2, -0.15) is 0 Å². The van der Waals surface area contributed by atoms with Crippen LogP contribution in [0.2, 0.25) is 0 Å². The first-order chi connectivity index (χ1) is 9.39. The second-order valence-corrected chi connectivity index (χ2v) is 6.92. The molecule has 1 amide bonds. The number of hydrogen-bond donors (Lipinski definition) is 1. The molecule has 2 aliphatic rings. The average molecular weight is 283 g/mol. The highest BCUT2D eigenvalue weighted by molar-refractivity contribution is 5.69. The SMILES string of the molecule is CCN1CCCC1CNC1CN(C(=O)OC(C)(C)C)C1. The van der Waals surface area contributed by atoms with E-state index in [-0.39, 0.29) is 6.09 Å². The van der Waals surface area contributed by atoms with E-state index in [0.717, 1.165) is 26.2 Å². The maximum absolute atomic E-state index is 11.8. The van der Waals surface area contributed by atoms with E-state index in [4.69, 9.17) is 4.74 Å². The molecule has 0 spiro atoms. The topological polar surface area (TPSA) is 44.8 Å². The third-order valence-electron chi connectivity index (χ3n) is 4.08. The molecular weight excluding hydrogens is 254 g/mol. The number of rotatable bonds is 4. The summed E-state index contributed by atoms with van der Waals surface area (Å²) in [5.41, 5.74) is -0.402. The van der Waals surface area contributed by atoms with Gasteiger partial charge in [-0.05, 0) is 46.7 Å². The van der Waals surface area contributed by atoms with E-state index >= 15 is 0 Å². The van der Waals surface area contributed by atoms with Gasteiger partial charge in [-0.3, -0.25) is 4.90 Å². The van der Waals surface area contributed by atoms with Crippen LogP contribution < -0.4 is 5.32 Å². The molecule has 0 aliphatic carbocycles. The molecule has 20 heavy (non-hydrogen) atoms. The molecule has 0 aromatic carbocycles. The van der Waals surface area contributed by atoms with Crippen LogP contribution >= 0.6 is 0 Å². The maximum atomic E-state index is 11.8. The predicted molar refractivity (Wildman–Crippen MR) is 79.9 cm³/mol. The molecule has 2 aliphatic heterocycles. The summed E-state index contributed by atoms with van der Waals surface area (Å²) in [6.45, 7) is 12.9. The minimum atomic E-state index is -0.402. The fourth-order valence-electron chi connectivity index (χ4n) is 2.93. The van der Waals surface area contributed by atoms with Gasteiger partial charge < -0.3 is 15.0 Å². The molecule has 0 aromatic heterocycles. The lowest BCUT2D eigenvalue weighted by atomic mass is 10.1. The minimum Gasteiger partial charge on any atom is -0.444 e. The molecule has 0 aromatic rings. The zero-order valence-corrected chi connectivity index (χ0v) is 13.3. The van der Waals surface area contributed by atoms with Crippen LogP contribution in [0.15, 0.2) is 0 Å². The summed E-state index contributed by atoms with van der Waals surface area (Å²) in [5, 5.41) is 3.58. The van der Waals surface area contributed by atoms with Gasteiger partial charge >= 0.3 is 6.09 Å². The molecule has 1 atom stereocenters. The first kappa shape index (κ1) is 15.6. The Balaban J connectivity index is 1.63. The van der Waals surface area contributed by atoms with Crippen molar-refractivity contribution in [3.05, 3.63) is 0 Å². The number of carbonyl (C=O) groups excluding carboxylic acids is 1. The number of nitrogens with one attached hydrogen (secondary N) is 1. The van der Waals surface area contributed by atoms with Gasteiger partial charge in [0.15, 0.2) is 0 Å². The summed E-state index contributed by atoms with van der Waals surface area (Å²) in [6.07, 6.45) is 2.42. The molecule has 5 heteroatoms. The number of amides is 1. The van der Waals surface area contributed by atoms with Crippen LogP contribution in [-0.2, 0) is 4.74 Å². The van der Waals surface area contributed by atoms with E-state index < -0.39 is 5.60 Å². The van der Waals surface area contributed by atoms with Gasteiger partial charge in [-0.25, -0.2) is 4.79 Å². The number of carbonyl (C=O) groups is 1. The van der Waals surface area contributed by atoms with Crippen LogP contribution in [0.3, 0.4) is 0 Å². The van der Waals surface area contributed by atoms with Crippen molar-refractivity contribution in [1.29, 1.82) is 0 Å². The fraction of sp³-hybridized carbons (Fsp3) is 0.933. The van der Waals surface area contributed by atoms with E-state index in [1.807, 2.05) is 20.8 Å². The van der Waals surface area contributed by atoms with Crippen molar-refractivity contribution in [3.8, 4) is 0 Å². The van der Waals surface area contributed by atoms with E-state index in [0.29, 0.717) is 12.1 Å². The predicted octanol–water partition coefficient (Wildman–Crippen LogP) is 1.68. The molecule has 1 N–H and O–H groups in total. The lowest BCUT2D eigenvalue weighted by molar-refractivity contribution is 0.00486. The third-order valence-corrected chi connectivity index (χ3v) is 4.08. The second-order valence-electron chi connectivity index (χ2n) is 6.92. The number of nitrogens with zero attached hydrogens (tertiary/aromatic N) is 2. The molecule has 2 saturated heterocycles. The Morgan fingerprint density at radius 1 is 1.35 bits per heavy atom. The summed E-state index contributed by atoms with van der Waals surface area (Å²) in [7, 11) is 0. The molecule has 0 bridgehead atoms. The van der Waals surface area contributed by atoms with Crippen molar-refractivity contribution < 1.29 is 9.53 Å². The van der Waals surface area contributed by atoms with Crippen LogP contribution in [0.25, 0.3) is 0 Å². The summed E-state index contributed by atoms with van der Waals surface area (Å²) < 4.78 is 5.35. The number of likely N-dealkylation sites (N-methyl/N-ethyl adjacent to an activating group) is 1. The Kier molecular flexibility index (Phi) is 4.91. The molecule has 116 valence electrons. The van der Waals surface area contributed by atoms with Crippen LogP contribution in [0, 0.1) is 0 Å². The highest BCUT2D eigenvalue weighted by atomic mass is 16.6. The zero-order valence-electron chi connectivity index (χ0n) is 13.3. The number of likely N-dealkylation sites (tertiary alicyclic amines) is 2. The van der Waals surface area contributed by atoms with Crippen molar-refractivity contribution in [2.45, 2.75) is 58.2 Å².